The summed E-state index contributed by atoms with van der Waals surface area (Å²) in [6.45, 7) is 5.32. The number of ether oxygens (including phenoxy) is 6. The number of carboxylic acids is 1. The third kappa shape index (κ3) is 8.56. The average molecular weight is 630 g/mol. The molecule has 0 spiro atoms. The Labute approximate surface area is 247 Å². The molecule has 17 unspecified atom stereocenters. The topological polar surface area (TPSA) is 291 Å². The van der Waals surface area contributed by atoms with Gasteiger partial charge in [0.2, 0.25) is 11.9 Å². The quantitative estimate of drug-likeness (QED) is 0.102. The molecule has 3 saturated heterocycles. The second kappa shape index (κ2) is 15.1. The summed E-state index contributed by atoms with van der Waals surface area (Å²) in [6.07, 6.45) is -21.6. The lowest BCUT2D eigenvalue weighted by Gasteiger charge is -2.48. The Morgan fingerprint density at radius 1 is 0.767 bits per heavy atom. The standard InChI is InChI=1S/C25H44N2O16/c1-7(28)5-12(29)27-13-8(2)39-23(18(34)16(13)32)42-20-15(31)10(4)40-24(19(20)35)43-21-17(33)14(30)9(3)41-25(21)38-6-11(26)22(36)37/h7-11,13-21,23-25,28,30-35H,5-6,26H2,1-4H3,(H,27,29)(H,36,37)/p+1. The highest BCUT2D eigenvalue weighted by Gasteiger charge is 2.53. The van der Waals surface area contributed by atoms with E-state index in [1.165, 1.54) is 27.7 Å². The minimum atomic E-state index is -1.80. The molecule has 3 heterocycles. The molecule has 0 aromatic carbocycles. The number of amides is 1. The van der Waals surface area contributed by atoms with Crippen molar-refractivity contribution in [2.24, 2.45) is 0 Å². The first-order chi connectivity index (χ1) is 20.0. The minimum absolute atomic E-state index is 0.246. The van der Waals surface area contributed by atoms with Gasteiger partial charge in [0.05, 0.1) is 36.9 Å². The molecule has 0 saturated carbocycles. The van der Waals surface area contributed by atoms with Gasteiger partial charge in [-0.1, -0.05) is 0 Å². The maximum atomic E-state index is 12.1. The Balaban J connectivity index is 1.72. The number of nitrogens with one attached hydrogen (secondary N) is 1. The fraction of sp³-hybridized carbons (Fsp3) is 0.920. The summed E-state index contributed by atoms with van der Waals surface area (Å²) in [7, 11) is 0. The van der Waals surface area contributed by atoms with Gasteiger partial charge in [-0.3, -0.25) is 4.79 Å². The lowest BCUT2D eigenvalue weighted by atomic mass is 9.95. The molecular formula is C25H45N2O16+. The number of quaternary nitrogens is 1. The van der Waals surface area contributed by atoms with E-state index in [-0.39, 0.29) is 6.42 Å². The highest BCUT2D eigenvalue weighted by Crippen LogP contribution is 2.32. The zero-order valence-electron chi connectivity index (χ0n) is 24.3. The van der Waals surface area contributed by atoms with Gasteiger partial charge < -0.3 is 80.3 Å². The number of hydrogen-bond acceptors (Lipinski definition) is 15. The van der Waals surface area contributed by atoms with Gasteiger partial charge in [-0.15, -0.1) is 0 Å². The van der Waals surface area contributed by atoms with Crippen molar-refractivity contribution in [2.45, 2.75) is 138 Å². The predicted octanol–water partition coefficient (Wildman–Crippen LogP) is -5.88. The Hall–Kier alpha value is -1.62. The molecule has 0 aromatic rings. The Kier molecular flexibility index (Phi) is 12.6. The van der Waals surface area contributed by atoms with Crippen LogP contribution in [0.15, 0.2) is 0 Å². The summed E-state index contributed by atoms with van der Waals surface area (Å²) < 4.78 is 33.8. The highest BCUT2D eigenvalue weighted by molar-refractivity contribution is 5.76. The summed E-state index contributed by atoms with van der Waals surface area (Å²) in [5.74, 6) is -1.84. The van der Waals surface area contributed by atoms with E-state index in [9.17, 15) is 45.3 Å². The molecule has 12 N–H and O–H groups in total. The molecule has 18 heteroatoms. The predicted molar refractivity (Wildman–Crippen MR) is 137 cm³/mol. The van der Waals surface area contributed by atoms with Crippen LogP contribution in [0.4, 0.5) is 0 Å². The van der Waals surface area contributed by atoms with Crippen molar-refractivity contribution >= 4 is 11.9 Å². The van der Waals surface area contributed by atoms with Crippen molar-refractivity contribution in [3.05, 3.63) is 0 Å². The Morgan fingerprint density at radius 2 is 1.30 bits per heavy atom. The molecule has 0 radical (unpaired) electrons. The molecule has 18 nitrogen and oxygen atoms in total. The molecule has 250 valence electrons. The number of carbonyl (C=O) groups excluding carboxylic acids is 1. The first kappa shape index (κ1) is 35.9. The maximum absolute atomic E-state index is 12.1. The fourth-order valence-corrected chi connectivity index (χ4v) is 5.00. The van der Waals surface area contributed by atoms with Crippen LogP contribution < -0.4 is 11.1 Å². The zero-order chi connectivity index (χ0) is 32.3. The van der Waals surface area contributed by atoms with Crippen LogP contribution >= 0.6 is 0 Å². The van der Waals surface area contributed by atoms with E-state index >= 15 is 0 Å². The van der Waals surface area contributed by atoms with Crippen molar-refractivity contribution in [1.82, 2.24) is 5.32 Å². The lowest BCUT2D eigenvalue weighted by Crippen LogP contribution is -2.68. The smallest absolute Gasteiger partial charge is 0.364 e. The van der Waals surface area contributed by atoms with Gasteiger partial charge in [0, 0.05) is 0 Å². The number of aliphatic carboxylic acids is 1. The van der Waals surface area contributed by atoms with Crippen LogP contribution in [0.1, 0.15) is 34.1 Å². The van der Waals surface area contributed by atoms with Crippen LogP contribution in [-0.4, -0.2) is 164 Å². The van der Waals surface area contributed by atoms with Crippen molar-refractivity contribution in [2.75, 3.05) is 6.61 Å². The highest BCUT2D eigenvalue weighted by atomic mass is 16.8. The molecule has 3 rings (SSSR count). The van der Waals surface area contributed by atoms with Gasteiger partial charge in [-0.2, -0.15) is 0 Å². The summed E-state index contributed by atoms with van der Waals surface area (Å²) in [5.41, 5.74) is 3.44. The van der Waals surface area contributed by atoms with Crippen molar-refractivity contribution in [3.8, 4) is 0 Å². The second-order valence-corrected chi connectivity index (χ2v) is 11.3. The molecule has 0 aromatic heterocycles. The molecule has 0 bridgehead atoms. The monoisotopic (exact) mass is 629 g/mol. The van der Waals surface area contributed by atoms with Gasteiger partial charge in [-0.05, 0) is 27.7 Å². The SMILES string of the molecule is CC(O)CC(=O)NC1C(C)OC(OC2C(O)C(C)OC(OC3C(OCC([NH3+])C(=O)O)OC(C)C(O)C3O)C2O)C(O)C1O. The molecule has 43 heavy (non-hydrogen) atoms. The summed E-state index contributed by atoms with van der Waals surface area (Å²) in [4.78, 5) is 23.3. The van der Waals surface area contributed by atoms with Crippen molar-refractivity contribution in [1.29, 1.82) is 0 Å². The summed E-state index contributed by atoms with van der Waals surface area (Å²) >= 11 is 0. The lowest BCUT2D eigenvalue weighted by molar-refractivity contribution is -0.426. The van der Waals surface area contributed by atoms with Crippen LogP contribution in [0.2, 0.25) is 0 Å². The van der Waals surface area contributed by atoms with E-state index in [2.05, 4.69) is 11.1 Å². The van der Waals surface area contributed by atoms with E-state index in [1.54, 1.807) is 0 Å². The molecule has 1 amide bonds. The van der Waals surface area contributed by atoms with Crippen molar-refractivity contribution in [3.63, 3.8) is 0 Å². The van der Waals surface area contributed by atoms with Gasteiger partial charge in [0.25, 0.3) is 0 Å². The summed E-state index contributed by atoms with van der Waals surface area (Å²) in [5, 5.41) is 85.4. The molecule has 3 aliphatic heterocycles. The average Bonchev–Trinajstić information content (AvgIpc) is 2.93. The first-order valence-electron chi connectivity index (χ1n) is 14.0. The molecule has 17 atom stereocenters. The maximum Gasteiger partial charge on any atom is 0.364 e. The van der Waals surface area contributed by atoms with Crippen LogP contribution in [0.3, 0.4) is 0 Å². The van der Waals surface area contributed by atoms with Gasteiger partial charge in [-0.25, -0.2) is 4.79 Å². The largest absolute Gasteiger partial charge is 0.477 e. The fourth-order valence-electron chi connectivity index (χ4n) is 5.00. The van der Waals surface area contributed by atoms with Crippen LogP contribution in [0.25, 0.3) is 0 Å². The third-order valence-electron chi connectivity index (χ3n) is 7.62. The number of aliphatic hydroxyl groups is 7. The first-order valence-corrected chi connectivity index (χ1v) is 14.0. The van der Waals surface area contributed by atoms with Crippen LogP contribution in [0, 0.1) is 0 Å². The normalized spacial score (nSPS) is 45.3. The van der Waals surface area contributed by atoms with E-state index < -0.39 is 123 Å². The van der Waals surface area contributed by atoms with Crippen molar-refractivity contribution < 1.29 is 84.6 Å². The third-order valence-corrected chi connectivity index (χ3v) is 7.62. The van der Waals surface area contributed by atoms with E-state index in [1.807, 2.05) is 0 Å². The van der Waals surface area contributed by atoms with Crippen LogP contribution in [-0.2, 0) is 38.0 Å². The number of rotatable bonds is 11. The summed E-state index contributed by atoms with van der Waals surface area (Å²) in [6, 6.07) is -2.27. The number of carbonyl (C=O) groups is 2. The Bertz CT molecular complexity index is 930. The van der Waals surface area contributed by atoms with Gasteiger partial charge in [0.15, 0.2) is 18.9 Å². The van der Waals surface area contributed by atoms with E-state index in [4.69, 9.17) is 33.5 Å². The second-order valence-electron chi connectivity index (χ2n) is 11.3. The number of hydrogen-bond donors (Lipinski definition) is 10. The zero-order valence-corrected chi connectivity index (χ0v) is 24.3. The number of aliphatic hydroxyl groups excluding tert-OH is 7. The Morgan fingerprint density at radius 3 is 1.91 bits per heavy atom. The molecule has 0 aliphatic carbocycles. The van der Waals surface area contributed by atoms with Gasteiger partial charge in [0.1, 0.15) is 55.4 Å². The van der Waals surface area contributed by atoms with Gasteiger partial charge >= 0.3 is 5.97 Å². The molecule has 3 aliphatic rings. The van der Waals surface area contributed by atoms with E-state index in [0.717, 1.165) is 0 Å². The number of carboxylic acid groups (broad SMARTS) is 1. The van der Waals surface area contributed by atoms with E-state index in [0.29, 0.717) is 0 Å². The minimum Gasteiger partial charge on any atom is -0.477 e. The van der Waals surface area contributed by atoms with Crippen LogP contribution in [0.5, 0.6) is 0 Å². The molecular weight excluding hydrogens is 584 g/mol. The molecule has 3 fully saturated rings.